The molecule has 0 bridgehead atoms. The third-order valence-corrected chi connectivity index (χ3v) is 5.35. The Hall–Kier alpha value is -2.90. The monoisotopic (exact) mass is 398 g/mol. The van der Waals surface area contributed by atoms with Crippen molar-refractivity contribution in [2.45, 2.75) is 12.5 Å². The van der Waals surface area contributed by atoms with Gasteiger partial charge in [0.1, 0.15) is 11.2 Å². The Balaban J connectivity index is 1.93. The van der Waals surface area contributed by atoms with Crippen molar-refractivity contribution < 1.29 is 14.3 Å². The first-order valence-corrected chi connectivity index (χ1v) is 9.10. The van der Waals surface area contributed by atoms with Gasteiger partial charge >= 0.3 is 0 Å². The number of rotatable bonds is 4. The summed E-state index contributed by atoms with van der Waals surface area (Å²) < 4.78 is 5.26. The maximum atomic E-state index is 13.2. The van der Waals surface area contributed by atoms with Crippen molar-refractivity contribution in [2.24, 2.45) is 0 Å². The van der Waals surface area contributed by atoms with Gasteiger partial charge in [-0.05, 0) is 19.1 Å². The quantitative estimate of drug-likeness (QED) is 0.659. The van der Waals surface area contributed by atoms with Crippen molar-refractivity contribution in [1.82, 2.24) is 9.97 Å². The van der Waals surface area contributed by atoms with Crippen LogP contribution in [0.2, 0.25) is 5.02 Å². The summed E-state index contributed by atoms with van der Waals surface area (Å²) in [6.07, 6.45) is 3.23. The van der Waals surface area contributed by atoms with E-state index in [-0.39, 0.29) is 18.3 Å². The fourth-order valence-electron chi connectivity index (χ4n) is 3.63. The lowest BCUT2D eigenvalue weighted by atomic mass is 9.95. The van der Waals surface area contributed by atoms with Crippen LogP contribution in [0, 0.1) is 0 Å². The second-order valence-corrected chi connectivity index (χ2v) is 7.41. The highest BCUT2D eigenvalue weighted by molar-refractivity contribution is 6.36. The van der Waals surface area contributed by atoms with E-state index in [9.17, 15) is 9.59 Å². The fraction of sp³-hybridized carbons (Fsp3) is 0.250. The standard InChI is InChI=1S/C20H19ClN4O3/c1-20(10-28-3)19(27)25(2)14-9-23-18-15(16(14)24-20)12(8-22-18)17(26)11-6-4-5-7-13(11)21/h4-9,24H,10H2,1-3H3,(H,22,23)/t20-/m0/s1. The van der Waals surface area contributed by atoms with E-state index in [2.05, 4.69) is 15.3 Å². The fourth-order valence-corrected chi connectivity index (χ4v) is 3.85. The van der Waals surface area contributed by atoms with E-state index < -0.39 is 5.54 Å². The van der Waals surface area contributed by atoms with E-state index in [1.54, 1.807) is 57.7 Å². The molecule has 3 aromatic rings. The van der Waals surface area contributed by atoms with Crippen LogP contribution in [0.1, 0.15) is 22.8 Å². The number of hydrogen-bond donors (Lipinski definition) is 2. The first-order valence-electron chi connectivity index (χ1n) is 8.72. The van der Waals surface area contributed by atoms with Gasteiger partial charge in [-0.25, -0.2) is 4.98 Å². The molecule has 8 heteroatoms. The van der Waals surface area contributed by atoms with Crippen molar-refractivity contribution in [1.29, 1.82) is 0 Å². The molecule has 0 saturated heterocycles. The Kier molecular flexibility index (Phi) is 4.36. The number of pyridine rings is 1. The number of aromatic nitrogens is 2. The number of H-pyrrole nitrogens is 1. The van der Waals surface area contributed by atoms with Crippen molar-refractivity contribution >= 4 is 45.7 Å². The zero-order valence-electron chi connectivity index (χ0n) is 15.7. The Morgan fingerprint density at radius 1 is 1.32 bits per heavy atom. The lowest BCUT2D eigenvalue weighted by Gasteiger charge is -2.40. The van der Waals surface area contributed by atoms with E-state index in [1.165, 1.54) is 4.90 Å². The number of methoxy groups -OCH3 is 1. The number of carbonyl (C=O) groups is 2. The highest BCUT2D eigenvalue weighted by Crippen LogP contribution is 2.41. The van der Waals surface area contributed by atoms with Gasteiger partial charge in [0.25, 0.3) is 5.91 Å². The largest absolute Gasteiger partial charge is 0.382 e. The Bertz CT molecular complexity index is 1110. The number of nitrogens with zero attached hydrogens (tertiary/aromatic N) is 2. The first-order chi connectivity index (χ1) is 13.4. The maximum Gasteiger partial charge on any atom is 0.254 e. The number of nitrogens with one attached hydrogen (secondary N) is 2. The summed E-state index contributed by atoms with van der Waals surface area (Å²) in [5.41, 5.74) is 1.67. The Morgan fingerprint density at radius 2 is 2.07 bits per heavy atom. The van der Waals surface area contributed by atoms with Crippen molar-refractivity contribution in [3.05, 3.63) is 52.8 Å². The number of aromatic amines is 1. The van der Waals surface area contributed by atoms with Gasteiger partial charge in [0.2, 0.25) is 0 Å². The minimum absolute atomic E-state index is 0.141. The lowest BCUT2D eigenvalue weighted by Crippen LogP contribution is -2.57. The number of likely N-dealkylation sites (N-methyl/N-ethyl adjacent to an activating group) is 1. The van der Waals surface area contributed by atoms with Gasteiger partial charge in [-0.1, -0.05) is 23.7 Å². The molecule has 3 heterocycles. The highest BCUT2D eigenvalue weighted by Gasteiger charge is 2.42. The van der Waals surface area contributed by atoms with Crippen LogP contribution >= 0.6 is 11.6 Å². The summed E-state index contributed by atoms with van der Waals surface area (Å²) in [6.45, 7) is 1.95. The van der Waals surface area contributed by atoms with E-state index in [0.29, 0.717) is 38.6 Å². The number of ketones is 1. The van der Waals surface area contributed by atoms with Crippen LogP contribution in [0.5, 0.6) is 0 Å². The number of benzene rings is 1. The van der Waals surface area contributed by atoms with Gasteiger partial charge in [-0.3, -0.25) is 9.59 Å². The average molecular weight is 399 g/mol. The van der Waals surface area contributed by atoms with Crippen molar-refractivity contribution in [3.8, 4) is 0 Å². The summed E-state index contributed by atoms with van der Waals surface area (Å²) in [7, 11) is 3.23. The van der Waals surface area contributed by atoms with Gasteiger partial charge in [0.15, 0.2) is 5.78 Å². The van der Waals surface area contributed by atoms with E-state index in [0.717, 1.165) is 0 Å². The minimum Gasteiger partial charge on any atom is -0.382 e. The molecule has 0 saturated carbocycles. The molecule has 28 heavy (non-hydrogen) atoms. The SMILES string of the molecule is COC[C@]1(C)Nc2c(cnc3[nH]cc(C(=O)c4ccccc4Cl)c23)N(C)C1=O. The number of amides is 1. The predicted octanol–water partition coefficient (Wildman–Crippen LogP) is 3.24. The summed E-state index contributed by atoms with van der Waals surface area (Å²) in [5, 5.41) is 4.28. The summed E-state index contributed by atoms with van der Waals surface area (Å²) in [6, 6.07) is 6.90. The zero-order chi connectivity index (χ0) is 20.1. The third-order valence-electron chi connectivity index (χ3n) is 5.02. The highest BCUT2D eigenvalue weighted by atomic mass is 35.5. The van der Waals surface area contributed by atoms with Gasteiger partial charge < -0.3 is 19.9 Å². The van der Waals surface area contributed by atoms with Crippen LogP contribution in [0.15, 0.2) is 36.7 Å². The lowest BCUT2D eigenvalue weighted by molar-refractivity contribution is -0.124. The van der Waals surface area contributed by atoms with Gasteiger partial charge in [-0.15, -0.1) is 0 Å². The maximum absolute atomic E-state index is 13.2. The zero-order valence-corrected chi connectivity index (χ0v) is 16.4. The smallest absolute Gasteiger partial charge is 0.254 e. The number of hydrogen-bond acceptors (Lipinski definition) is 5. The molecular weight excluding hydrogens is 380 g/mol. The molecule has 0 aliphatic carbocycles. The summed E-state index contributed by atoms with van der Waals surface area (Å²) in [4.78, 5) is 35.0. The number of fused-ring (bicyclic) bond motifs is 3. The van der Waals surface area contributed by atoms with E-state index in [1.807, 2.05) is 0 Å². The van der Waals surface area contributed by atoms with Gasteiger partial charge in [0, 0.05) is 25.9 Å². The van der Waals surface area contributed by atoms with Crippen LogP contribution in [0.4, 0.5) is 11.4 Å². The second kappa shape index (κ2) is 6.61. The Morgan fingerprint density at radius 3 is 2.79 bits per heavy atom. The molecule has 0 unspecified atom stereocenters. The van der Waals surface area contributed by atoms with Crippen LogP contribution < -0.4 is 10.2 Å². The molecule has 1 amide bonds. The topological polar surface area (TPSA) is 87.3 Å². The van der Waals surface area contributed by atoms with Crippen LogP contribution in [0.25, 0.3) is 11.0 Å². The second-order valence-electron chi connectivity index (χ2n) is 7.01. The first kappa shape index (κ1) is 18.5. The molecular formula is C20H19ClN4O3. The van der Waals surface area contributed by atoms with Crippen molar-refractivity contribution in [2.75, 3.05) is 31.0 Å². The molecule has 0 radical (unpaired) electrons. The molecule has 0 fully saturated rings. The number of carbonyl (C=O) groups excluding carboxylic acids is 2. The van der Waals surface area contributed by atoms with Crippen molar-refractivity contribution in [3.63, 3.8) is 0 Å². The molecule has 2 aromatic heterocycles. The molecule has 1 atom stereocenters. The van der Waals surface area contributed by atoms with Crippen LogP contribution in [-0.2, 0) is 9.53 Å². The van der Waals surface area contributed by atoms with Crippen LogP contribution in [0.3, 0.4) is 0 Å². The minimum atomic E-state index is -0.966. The molecule has 144 valence electrons. The normalized spacial score (nSPS) is 18.9. The molecule has 1 aliphatic rings. The summed E-state index contributed by atoms with van der Waals surface area (Å²) >= 11 is 6.23. The predicted molar refractivity (Wildman–Crippen MR) is 108 cm³/mol. The third kappa shape index (κ3) is 2.66. The van der Waals surface area contributed by atoms with Crippen LogP contribution in [-0.4, -0.2) is 48.0 Å². The van der Waals surface area contributed by atoms with Gasteiger partial charge in [-0.2, -0.15) is 0 Å². The molecule has 4 rings (SSSR count). The Labute approximate surface area is 166 Å². The molecule has 1 aromatic carbocycles. The molecule has 0 spiro atoms. The molecule has 7 nitrogen and oxygen atoms in total. The summed E-state index contributed by atoms with van der Waals surface area (Å²) in [5.74, 6) is -0.362. The average Bonchev–Trinajstić information content (AvgIpc) is 3.11. The van der Waals surface area contributed by atoms with Gasteiger partial charge in [0.05, 0.1) is 40.2 Å². The van der Waals surface area contributed by atoms with E-state index >= 15 is 0 Å². The molecule has 2 N–H and O–H groups in total. The van der Waals surface area contributed by atoms with E-state index in [4.69, 9.17) is 16.3 Å². The number of ether oxygens (including phenoxy) is 1. The number of anilines is 2. The number of halogens is 1. The molecule has 1 aliphatic heterocycles.